The predicted octanol–water partition coefficient (Wildman–Crippen LogP) is 5.20. The van der Waals surface area contributed by atoms with Gasteiger partial charge in [-0.1, -0.05) is 55.4 Å². The van der Waals surface area contributed by atoms with Crippen molar-refractivity contribution in [2.24, 2.45) is 5.41 Å². The van der Waals surface area contributed by atoms with Crippen molar-refractivity contribution >= 4 is 11.9 Å². The van der Waals surface area contributed by atoms with Crippen LogP contribution in [0.15, 0.2) is 58.7 Å². The van der Waals surface area contributed by atoms with Gasteiger partial charge < -0.3 is 10.1 Å². The number of hydrogen-bond acceptors (Lipinski definition) is 3. The van der Waals surface area contributed by atoms with E-state index in [1.807, 2.05) is 25.2 Å². The lowest BCUT2D eigenvalue weighted by atomic mass is 9.72. The number of esters is 1. The highest BCUT2D eigenvalue weighted by Gasteiger charge is 2.26. The van der Waals surface area contributed by atoms with Crippen LogP contribution in [0.5, 0.6) is 0 Å². The maximum Gasteiger partial charge on any atom is 0.307 e. The van der Waals surface area contributed by atoms with Gasteiger partial charge in [-0.15, -0.1) is 0 Å². The second-order valence-corrected chi connectivity index (χ2v) is 8.04. The molecule has 0 aliphatic heterocycles. The lowest BCUT2D eigenvalue weighted by Gasteiger charge is -2.32. The minimum atomic E-state index is -0.336. The molecule has 0 unspecified atom stereocenters. The molecular weight excluding hydrogens is 350 g/mol. The number of rotatable bonds is 8. The van der Waals surface area contributed by atoms with Crippen LogP contribution in [0.2, 0.25) is 0 Å². The monoisotopic (exact) mass is 385 g/mol. The van der Waals surface area contributed by atoms with Crippen molar-refractivity contribution < 1.29 is 14.3 Å². The molecule has 154 valence electrons. The number of amides is 1. The lowest BCUT2D eigenvalue weighted by Crippen LogP contribution is -2.24. The van der Waals surface area contributed by atoms with Gasteiger partial charge in [-0.05, 0) is 56.6 Å². The van der Waals surface area contributed by atoms with Crippen LogP contribution >= 0.6 is 0 Å². The van der Waals surface area contributed by atoms with Crippen LogP contribution in [-0.2, 0) is 14.3 Å². The Morgan fingerprint density at radius 1 is 1.18 bits per heavy atom. The van der Waals surface area contributed by atoms with Crippen LogP contribution < -0.4 is 5.32 Å². The molecule has 0 saturated heterocycles. The van der Waals surface area contributed by atoms with E-state index in [2.05, 4.69) is 49.9 Å². The van der Waals surface area contributed by atoms with Gasteiger partial charge in [-0.25, -0.2) is 0 Å². The van der Waals surface area contributed by atoms with Crippen LogP contribution in [0.1, 0.15) is 60.3 Å². The summed E-state index contributed by atoms with van der Waals surface area (Å²) in [6.07, 6.45) is 15.7. The normalized spacial score (nSPS) is 18.1. The van der Waals surface area contributed by atoms with Gasteiger partial charge in [0.15, 0.2) is 0 Å². The summed E-state index contributed by atoms with van der Waals surface area (Å²) < 4.78 is 4.53. The molecule has 1 aliphatic carbocycles. The van der Waals surface area contributed by atoms with Crippen LogP contribution in [-0.4, -0.2) is 25.5 Å². The van der Waals surface area contributed by atoms with E-state index in [-0.39, 0.29) is 30.3 Å². The summed E-state index contributed by atoms with van der Waals surface area (Å²) in [6.45, 7) is 11.1. The topological polar surface area (TPSA) is 55.4 Å². The quantitative estimate of drug-likeness (QED) is 0.355. The largest absolute Gasteiger partial charge is 0.469 e. The van der Waals surface area contributed by atoms with Gasteiger partial charge in [0, 0.05) is 12.6 Å². The number of nitrogens with one attached hydrogen (secondary N) is 1. The molecule has 0 heterocycles. The van der Waals surface area contributed by atoms with Crippen LogP contribution in [0.4, 0.5) is 0 Å². The third-order valence-corrected chi connectivity index (χ3v) is 4.99. The minimum absolute atomic E-state index is 0.173. The van der Waals surface area contributed by atoms with Gasteiger partial charge in [0.25, 0.3) is 0 Å². The van der Waals surface area contributed by atoms with E-state index < -0.39 is 0 Å². The lowest BCUT2D eigenvalue weighted by molar-refractivity contribution is -0.140. The van der Waals surface area contributed by atoms with E-state index in [9.17, 15) is 9.59 Å². The summed E-state index contributed by atoms with van der Waals surface area (Å²) in [4.78, 5) is 22.8. The van der Waals surface area contributed by atoms with E-state index in [1.54, 1.807) is 0 Å². The zero-order valence-corrected chi connectivity index (χ0v) is 18.2. The molecule has 4 heteroatoms. The molecule has 0 spiro atoms. The zero-order chi connectivity index (χ0) is 21.2. The summed E-state index contributed by atoms with van der Waals surface area (Å²) >= 11 is 0. The number of methoxy groups -OCH3 is 1. The van der Waals surface area contributed by atoms with Crippen molar-refractivity contribution in [1.82, 2.24) is 5.32 Å². The summed E-state index contributed by atoms with van der Waals surface area (Å²) in [6, 6.07) is 0. The van der Waals surface area contributed by atoms with Crippen molar-refractivity contribution in [2.75, 3.05) is 13.7 Å². The van der Waals surface area contributed by atoms with Gasteiger partial charge in [0.05, 0.1) is 13.5 Å². The molecule has 0 aromatic carbocycles. The Morgan fingerprint density at radius 3 is 2.54 bits per heavy atom. The fraction of sp³-hybridized carbons (Fsp3) is 0.500. The Kier molecular flexibility index (Phi) is 9.70. The molecule has 0 fully saturated rings. The van der Waals surface area contributed by atoms with Crippen molar-refractivity contribution in [3.63, 3.8) is 0 Å². The number of carbonyl (C=O) groups is 2. The second-order valence-electron chi connectivity index (χ2n) is 8.04. The van der Waals surface area contributed by atoms with Gasteiger partial charge >= 0.3 is 5.97 Å². The van der Waals surface area contributed by atoms with Crippen LogP contribution in [0, 0.1) is 5.41 Å². The summed E-state index contributed by atoms with van der Waals surface area (Å²) in [5.41, 5.74) is 5.20. The standard InChI is InChI=1S/C24H35NO3/c1-18(12-13-21-20(3)11-8-15-24(21,4)5)9-7-10-19(2)17-22(26)25-16-14-23(27)28-6/h7,9-10,12-13,17H,8,11,14-16H2,1-6H3,(H,25,26)/b10-7+,13-12+,18-9+,19-17+. The van der Waals surface area contributed by atoms with Crippen molar-refractivity contribution in [3.8, 4) is 0 Å². The first-order valence-electron chi connectivity index (χ1n) is 9.92. The first-order valence-corrected chi connectivity index (χ1v) is 9.92. The number of ether oxygens (including phenoxy) is 1. The molecule has 1 amide bonds. The van der Waals surface area contributed by atoms with Crippen molar-refractivity contribution in [1.29, 1.82) is 0 Å². The molecule has 0 bridgehead atoms. The summed E-state index contributed by atoms with van der Waals surface area (Å²) in [7, 11) is 1.33. The Morgan fingerprint density at radius 2 is 1.89 bits per heavy atom. The summed E-state index contributed by atoms with van der Waals surface area (Å²) in [5, 5.41) is 2.66. The van der Waals surface area contributed by atoms with Crippen LogP contribution in [0.3, 0.4) is 0 Å². The highest BCUT2D eigenvalue weighted by molar-refractivity contribution is 5.88. The SMILES string of the molecule is COC(=O)CCNC(=O)/C=C(C)/C=C/C=C(C)/C=C/C1=C(C)CCCC1(C)C. The maximum absolute atomic E-state index is 11.8. The molecule has 0 aromatic rings. The fourth-order valence-electron chi connectivity index (χ4n) is 3.33. The molecule has 0 radical (unpaired) electrons. The molecule has 0 atom stereocenters. The minimum Gasteiger partial charge on any atom is -0.469 e. The molecule has 4 nitrogen and oxygen atoms in total. The number of hydrogen-bond donors (Lipinski definition) is 1. The smallest absolute Gasteiger partial charge is 0.307 e. The molecule has 1 rings (SSSR count). The molecule has 1 aliphatic rings. The average Bonchev–Trinajstić information content (AvgIpc) is 2.60. The zero-order valence-electron chi connectivity index (χ0n) is 18.2. The Bertz CT molecular complexity index is 718. The average molecular weight is 386 g/mol. The number of allylic oxidation sites excluding steroid dienone is 9. The van der Waals surface area contributed by atoms with Gasteiger partial charge in [0.1, 0.15) is 0 Å². The number of carbonyl (C=O) groups excluding carboxylic acids is 2. The van der Waals surface area contributed by atoms with E-state index in [0.29, 0.717) is 0 Å². The third kappa shape index (κ3) is 8.55. The fourth-order valence-corrected chi connectivity index (χ4v) is 3.33. The van der Waals surface area contributed by atoms with E-state index in [1.165, 1.54) is 43.6 Å². The third-order valence-electron chi connectivity index (χ3n) is 4.99. The van der Waals surface area contributed by atoms with Gasteiger partial charge in [0.2, 0.25) is 5.91 Å². The molecular formula is C24H35NO3. The van der Waals surface area contributed by atoms with Gasteiger partial charge in [-0.2, -0.15) is 0 Å². The first kappa shape index (κ1) is 23.7. The highest BCUT2D eigenvalue weighted by Crippen LogP contribution is 2.40. The van der Waals surface area contributed by atoms with E-state index in [4.69, 9.17) is 0 Å². The second kappa shape index (κ2) is 11.5. The van der Waals surface area contributed by atoms with Crippen molar-refractivity contribution in [2.45, 2.75) is 60.3 Å². The Hall–Kier alpha value is -2.36. The predicted molar refractivity (Wildman–Crippen MR) is 116 cm³/mol. The Balaban J connectivity index is 2.60. The molecule has 1 N–H and O–H groups in total. The maximum atomic E-state index is 11.8. The van der Waals surface area contributed by atoms with E-state index >= 15 is 0 Å². The molecule has 0 aromatic heterocycles. The van der Waals surface area contributed by atoms with Crippen molar-refractivity contribution in [3.05, 3.63) is 58.7 Å². The first-order chi connectivity index (χ1) is 13.2. The highest BCUT2D eigenvalue weighted by atomic mass is 16.5. The summed E-state index contributed by atoms with van der Waals surface area (Å²) in [5.74, 6) is -0.550. The van der Waals surface area contributed by atoms with Gasteiger partial charge in [-0.3, -0.25) is 9.59 Å². The molecule has 0 saturated carbocycles. The molecule has 28 heavy (non-hydrogen) atoms. The van der Waals surface area contributed by atoms with E-state index in [0.717, 1.165) is 11.1 Å². The Labute approximate surface area is 170 Å². The van der Waals surface area contributed by atoms with Crippen LogP contribution in [0.25, 0.3) is 0 Å².